The van der Waals surface area contributed by atoms with Gasteiger partial charge in [0, 0.05) is 34.6 Å². The van der Waals surface area contributed by atoms with Crippen LogP contribution in [0.3, 0.4) is 0 Å². The van der Waals surface area contributed by atoms with Crippen LogP contribution in [0.4, 0.5) is 0 Å². The van der Waals surface area contributed by atoms with Gasteiger partial charge in [0.15, 0.2) is 0 Å². The maximum atomic E-state index is 9.26. The van der Waals surface area contributed by atoms with Crippen molar-refractivity contribution in [3.8, 4) is 22.3 Å². The summed E-state index contributed by atoms with van der Waals surface area (Å²) >= 11 is 13.0. The Morgan fingerprint density at radius 2 is 1.19 bits per heavy atom. The number of halogens is 4. The molecule has 0 aliphatic carbocycles. The van der Waals surface area contributed by atoms with E-state index >= 15 is 0 Å². The molecule has 4 aromatic heterocycles. The molecule has 0 bridgehead atoms. The van der Waals surface area contributed by atoms with E-state index in [1.54, 1.807) is 38.2 Å². The monoisotopic (exact) mass is 708 g/mol. The number of pyridine rings is 2. The minimum absolute atomic E-state index is 0.183. The Morgan fingerprint density at radius 1 is 0.750 bits per heavy atom. The number of aliphatic hydroxyl groups is 1. The van der Waals surface area contributed by atoms with Crippen LogP contribution in [0.2, 0.25) is 0 Å². The minimum atomic E-state index is -0.520. The van der Waals surface area contributed by atoms with E-state index in [9.17, 15) is 5.11 Å². The fourth-order valence-corrected chi connectivity index (χ4v) is 2.76. The molecule has 0 saturated heterocycles. The van der Waals surface area contributed by atoms with E-state index in [0.717, 1.165) is 27.9 Å². The van der Waals surface area contributed by atoms with Gasteiger partial charge in [0.25, 0.3) is 0 Å². The van der Waals surface area contributed by atoms with Crippen LogP contribution in [-0.2, 0) is 0 Å². The number of aliphatic hydroxyl groups excluding tert-OH is 1. The Bertz CT molecular complexity index is 924. The van der Waals surface area contributed by atoms with Gasteiger partial charge in [0.05, 0.1) is 47.4 Å². The van der Waals surface area contributed by atoms with Crippen LogP contribution in [0.5, 0.6) is 0 Å². The highest BCUT2D eigenvalue weighted by molar-refractivity contribution is 9.93. The molecule has 1 N–H and O–H groups in total. The molecule has 4 heterocycles. The van der Waals surface area contributed by atoms with E-state index in [-0.39, 0.29) is 4.03 Å². The number of nitrogens with zero attached hydrogens (tertiary/aromatic N) is 2. The first kappa shape index (κ1) is 27.4. The summed E-state index contributed by atoms with van der Waals surface area (Å²) in [5.41, 5.74) is 5.84. The highest BCUT2D eigenvalue weighted by Crippen LogP contribution is 2.59. The lowest BCUT2D eigenvalue weighted by Crippen LogP contribution is -1.94. The minimum Gasteiger partial charge on any atom is -0.472 e. The lowest BCUT2D eigenvalue weighted by atomic mass is 10.1. The number of rotatable bonds is 4. The number of aromatic nitrogens is 2. The molecule has 4 aromatic rings. The molecule has 32 heavy (non-hydrogen) atoms. The summed E-state index contributed by atoms with van der Waals surface area (Å²) in [5.74, 6) is 0. The van der Waals surface area contributed by atoms with E-state index < -0.39 is 6.10 Å². The van der Waals surface area contributed by atoms with Crippen LogP contribution in [0, 0.1) is 0 Å². The number of alkyl halides is 1. The van der Waals surface area contributed by atoms with Crippen molar-refractivity contribution in [1.82, 2.24) is 9.97 Å². The third-order valence-corrected chi connectivity index (χ3v) is 4.59. The van der Waals surface area contributed by atoms with E-state index in [4.69, 9.17) is 8.83 Å². The highest BCUT2D eigenvalue weighted by atomic mass is 80.0. The largest absolute Gasteiger partial charge is 0.472 e. The molecular formula is C22H21Br4N2O3P. The predicted molar refractivity (Wildman–Crippen MR) is 146 cm³/mol. The summed E-state index contributed by atoms with van der Waals surface area (Å²) in [5, 5.41) is 9.26. The summed E-state index contributed by atoms with van der Waals surface area (Å²) in [6.45, 7) is 3.75. The van der Waals surface area contributed by atoms with Gasteiger partial charge in [-0.3, -0.25) is 9.97 Å². The predicted octanol–water partition coefficient (Wildman–Crippen LogP) is 9.59. The van der Waals surface area contributed by atoms with Crippen molar-refractivity contribution in [2.24, 2.45) is 0 Å². The van der Waals surface area contributed by atoms with Gasteiger partial charge in [-0.05, 0) is 84.6 Å². The normalized spacial score (nSPS) is 12.2. The second kappa shape index (κ2) is 14.4. The van der Waals surface area contributed by atoms with Crippen LogP contribution in [0.15, 0.2) is 82.7 Å². The van der Waals surface area contributed by atoms with Gasteiger partial charge in [-0.15, -0.1) is 0 Å². The van der Waals surface area contributed by atoms with Crippen molar-refractivity contribution in [2.45, 2.75) is 24.8 Å². The molecule has 0 fully saturated rings. The molecule has 5 nitrogen and oxygen atoms in total. The standard InChI is InChI=1S/C11H10BrNO.C11H11NO2.Br3P/c1-8(12)11-3-2-9(6-13-11)10-4-5-14-7-10;1-8(13)11-3-2-9(6-12-11)10-4-5-14-7-10;1-4(2)3/h2-8H,1H3;2-8,13H,1H3;. The third-order valence-electron chi connectivity index (χ3n) is 4.12. The van der Waals surface area contributed by atoms with Crippen molar-refractivity contribution < 1.29 is 13.9 Å². The lowest BCUT2D eigenvalue weighted by Gasteiger charge is -2.03. The van der Waals surface area contributed by atoms with Gasteiger partial charge in [0.2, 0.25) is 0 Å². The fourth-order valence-electron chi connectivity index (χ4n) is 2.49. The molecule has 0 aliphatic rings. The van der Waals surface area contributed by atoms with Crippen molar-refractivity contribution in [3.63, 3.8) is 0 Å². The fraction of sp³-hybridized carbons (Fsp3) is 0.182. The third kappa shape index (κ3) is 9.57. The van der Waals surface area contributed by atoms with Crippen LogP contribution < -0.4 is 0 Å². The van der Waals surface area contributed by atoms with E-state index in [1.165, 1.54) is 0 Å². The first-order valence-electron chi connectivity index (χ1n) is 9.34. The smallest absolute Gasteiger partial charge is 0.103 e. The summed E-state index contributed by atoms with van der Waals surface area (Å²) < 4.78 is 9.80. The van der Waals surface area contributed by atoms with E-state index in [1.807, 2.05) is 42.6 Å². The lowest BCUT2D eigenvalue weighted by molar-refractivity contribution is 0.194. The molecule has 4 rings (SSSR count). The molecule has 0 aliphatic heterocycles. The maximum Gasteiger partial charge on any atom is 0.103 e. The molecule has 0 spiro atoms. The van der Waals surface area contributed by atoms with Crippen molar-refractivity contribution in [2.75, 3.05) is 0 Å². The van der Waals surface area contributed by atoms with Crippen LogP contribution >= 0.6 is 66.4 Å². The van der Waals surface area contributed by atoms with Gasteiger partial charge in [-0.1, -0.05) is 28.1 Å². The van der Waals surface area contributed by atoms with Crippen molar-refractivity contribution in [3.05, 3.63) is 85.2 Å². The Labute approximate surface area is 221 Å². The topological polar surface area (TPSA) is 72.3 Å². The van der Waals surface area contributed by atoms with Gasteiger partial charge >= 0.3 is 0 Å². The van der Waals surface area contributed by atoms with Gasteiger partial charge < -0.3 is 13.9 Å². The van der Waals surface area contributed by atoms with E-state index in [2.05, 4.69) is 79.3 Å². The molecule has 0 radical (unpaired) electrons. The Kier molecular flexibility index (Phi) is 12.4. The first-order chi connectivity index (χ1) is 15.3. The summed E-state index contributed by atoms with van der Waals surface area (Å²) in [7, 11) is 0. The second-order valence-corrected chi connectivity index (χ2v) is 23.2. The molecule has 170 valence electrons. The van der Waals surface area contributed by atoms with Crippen molar-refractivity contribution in [1.29, 1.82) is 0 Å². The first-order valence-corrected chi connectivity index (χ1v) is 17.7. The molecule has 2 unspecified atom stereocenters. The molecule has 2 atom stereocenters. The zero-order chi connectivity index (χ0) is 23.5. The highest BCUT2D eigenvalue weighted by Gasteiger charge is 2.04. The molecular weight excluding hydrogens is 691 g/mol. The zero-order valence-corrected chi connectivity index (χ0v) is 24.4. The van der Waals surface area contributed by atoms with Gasteiger partial charge in [-0.2, -0.15) is 0 Å². The summed E-state index contributed by atoms with van der Waals surface area (Å²) in [4.78, 5) is 8.78. The Hall–Kier alpha value is -0.830. The average Bonchev–Trinajstić information content (AvgIpc) is 3.48. The number of hydrogen-bond acceptors (Lipinski definition) is 5. The number of hydrogen-bond donors (Lipinski definition) is 1. The second-order valence-electron chi connectivity index (χ2n) is 6.45. The van der Waals surface area contributed by atoms with Crippen molar-refractivity contribution >= 4 is 66.4 Å². The summed E-state index contributed by atoms with van der Waals surface area (Å²) in [6.07, 6.45) is 9.74. The number of furan rings is 2. The molecule has 0 aromatic carbocycles. The molecule has 0 amide bonds. The van der Waals surface area contributed by atoms with Crippen LogP contribution in [0.1, 0.15) is 36.2 Å². The molecule has 0 saturated carbocycles. The van der Waals surface area contributed by atoms with Gasteiger partial charge in [0.1, 0.15) is 4.03 Å². The van der Waals surface area contributed by atoms with Gasteiger partial charge in [-0.25, -0.2) is 0 Å². The maximum absolute atomic E-state index is 9.26. The SMILES string of the molecule is BrP(Br)Br.CC(Br)c1ccc(-c2ccoc2)cn1.CC(O)c1ccc(-c2ccoc2)cn1. The zero-order valence-electron chi connectivity index (χ0n) is 17.2. The quantitative estimate of drug-likeness (QED) is 0.169. The average molecular weight is 712 g/mol. The Morgan fingerprint density at radius 3 is 1.47 bits per heavy atom. The van der Waals surface area contributed by atoms with E-state index in [0.29, 0.717) is 10.5 Å². The Balaban J connectivity index is 0.000000195. The van der Waals surface area contributed by atoms with Crippen LogP contribution in [0.25, 0.3) is 22.3 Å². The molecule has 10 heteroatoms. The van der Waals surface area contributed by atoms with Crippen LogP contribution in [-0.4, -0.2) is 15.1 Å². The summed E-state index contributed by atoms with van der Waals surface area (Å²) in [6, 6.07) is 11.6.